The van der Waals surface area contributed by atoms with Crippen LogP contribution in [0, 0.1) is 10.1 Å². The van der Waals surface area contributed by atoms with E-state index in [9.17, 15) is 14.9 Å². The maximum absolute atomic E-state index is 11.2. The lowest BCUT2D eigenvalue weighted by Gasteiger charge is -2.03. The van der Waals surface area contributed by atoms with E-state index in [4.69, 9.17) is 11.6 Å². The van der Waals surface area contributed by atoms with E-state index in [0.29, 0.717) is 5.56 Å². The molecule has 0 unspecified atom stereocenters. The first-order valence-corrected chi connectivity index (χ1v) is 6.23. The highest BCUT2D eigenvalue weighted by molar-refractivity contribution is 7.98. The molecule has 0 bridgehead atoms. The van der Waals surface area contributed by atoms with Crippen LogP contribution in [0.4, 0.5) is 5.69 Å². The summed E-state index contributed by atoms with van der Waals surface area (Å²) in [5.41, 5.74) is 0.388. The van der Waals surface area contributed by atoms with Crippen molar-refractivity contribution in [1.82, 2.24) is 0 Å². The highest BCUT2D eigenvalue weighted by atomic mass is 35.5. The topological polar surface area (TPSA) is 60.2 Å². The molecule has 86 valence electrons. The van der Waals surface area contributed by atoms with Gasteiger partial charge in [-0.25, -0.2) is 0 Å². The summed E-state index contributed by atoms with van der Waals surface area (Å²) >= 11 is 6.79. The van der Waals surface area contributed by atoms with Crippen LogP contribution in [0.3, 0.4) is 0 Å². The second-order valence-corrected chi connectivity index (χ2v) is 4.25. The molecule has 0 saturated carbocycles. The molecule has 1 rings (SSSR count). The summed E-state index contributed by atoms with van der Waals surface area (Å²) in [4.78, 5) is 22.3. The molecule has 0 aromatic heterocycles. The molecule has 0 N–H and O–H groups in total. The minimum absolute atomic E-state index is 0.00841. The van der Waals surface area contributed by atoms with Crippen molar-refractivity contribution in [2.75, 3.05) is 12.1 Å². The standard InChI is InChI=1S/C10H10ClNO3S/c1-16-9-3-2-7(4-8(13)6-11)10(5-9)12(14)15/h2-3,5H,4,6H2,1H3. The predicted molar refractivity (Wildman–Crippen MR) is 64.3 cm³/mol. The minimum Gasteiger partial charge on any atom is -0.298 e. The van der Waals surface area contributed by atoms with Gasteiger partial charge in [-0.3, -0.25) is 14.9 Å². The van der Waals surface area contributed by atoms with Crippen LogP contribution in [0.5, 0.6) is 0 Å². The molecule has 0 amide bonds. The average molecular weight is 260 g/mol. The molecule has 0 aliphatic heterocycles. The van der Waals surface area contributed by atoms with Crippen LogP contribution in [0.1, 0.15) is 5.56 Å². The number of rotatable bonds is 5. The Labute approximate surface area is 102 Å². The summed E-state index contributed by atoms with van der Waals surface area (Å²) in [5, 5.41) is 10.8. The highest BCUT2D eigenvalue weighted by Gasteiger charge is 2.16. The van der Waals surface area contributed by atoms with E-state index in [1.165, 1.54) is 17.8 Å². The average Bonchev–Trinajstić information content (AvgIpc) is 2.29. The molecule has 0 aliphatic carbocycles. The summed E-state index contributed by atoms with van der Waals surface area (Å²) < 4.78 is 0. The number of hydrogen-bond donors (Lipinski definition) is 0. The van der Waals surface area contributed by atoms with E-state index in [1.54, 1.807) is 12.1 Å². The van der Waals surface area contributed by atoms with Gasteiger partial charge in [-0.05, 0) is 12.3 Å². The van der Waals surface area contributed by atoms with Crippen molar-refractivity contribution >= 4 is 34.8 Å². The Morgan fingerprint density at radius 3 is 2.75 bits per heavy atom. The smallest absolute Gasteiger partial charge is 0.274 e. The SMILES string of the molecule is CSc1ccc(CC(=O)CCl)c([N+](=O)[O-])c1. The molecule has 4 nitrogen and oxygen atoms in total. The number of ketones is 1. The normalized spacial score (nSPS) is 10.1. The zero-order valence-electron chi connectivity index (χ0n) is 8.60. The van der Waals surface area contributed by atoms with Crippen molar-refractivity contribution in [3.05, 3.63) is 33.9 Å². The highest BCUT2D eigenvalue weighted by Crippen LogP contribution is 2.25. The van der Waals surface area contributed by atoms with Crippen LogP contribution >= 0.6 is 23.4 Å². The summed E-state index contributed by atoms with van der Waals surface area (Å²) in [6.07, 6.45) is 1.84. The Morgan fingerprint density at radius 2 is 2.25 bits per heavy atom. The zero-order chi connectivity index (χ0) is 12.1. The molecule has 16 heavy (non-hydrogen) atoms. The molecule has 0 aliphatic rings. The number of thioether (sulfide) groups is 1. The fraction of sp³-hybridized carbons (Fsp3) is 0.300. The summed E-state index contributed by atoms with van der Waals surface area (Å²) in [5.74, 6) is -0.344. The Hall–Kier alpha value is -1.07. The van der Waals surface area contributed by atoms with Gasteiger partial charge in [0.2, 0.25) is 0 Å². The predicted octanol–water partition coefficient (Wildman–Crippen LogP) is 2.67. The van der Waals surface area contributed by atoms with Gasteiger partial charge in [0.25, 0.3) is 5.69 Å². The molecule has 6 heteroatoms. The number of nitro benzene ring substituents is 1. The molecule has 1 aromatic carbocycles. The molecule has 0 saturated heterocycles. The van der Waals surface area contributed by atoms with Crippen molar-refractivity contribution in [3.63, 3.8) is 0 Å². The second-order valence-electron chi connectivity index (χ2n) is 3.10. The monoisotopic (exact) mass is 259 g/mol. The molecule has 0 spiro atoms. The number of hydrogen-bond acceptors (Lipinski definition) is 4. The fourth-order valence-electron chi connectivity index (χ4n) is 1.25. The van der Waals surface area contributed by atoms with Crippen LogP contribution in [0.25, 0.3) is 0 Å². The van der Waals surface area contributed by atoms with E-state index in [-0.39, 0.29) is 23.8 Å². The van der Waals surface area contributed by atoms with E-state index in [1.807, 2.05) is 6.26 Å². The molecule has 0 radical (unpaired) electrons. The van der Waals surface area contributed by atoms with Gasteiger partial charge in [-0.2, -0.15) is 0 Å². The largest absolute Gasteiger partial charge is 0.298 e. The van der Waals surface area contributed by atoms with E-state index < -0.39 is 4.92 Å². The maximum atomic E-state index is 11.2. The third-order valence-corrected chi connectivity index (χ3v) is 3.05. The summed E-state index contributed by atoms with van der Waals surface area (Å²) in [6.45, 7) is 0. The molecule has 1 aromatic rings. The van der Waals surface area contributed by atoms with Crippen LogP contribution in [-0.4, -0.2) is 22.8 Å². The van der Waals surface area contributed by atoms with E-state index in [2.05, 4.69) is 0 Å². The van der Waals surface area contributed by atoms with Gasteiger partial charge >= 0.3 is 0 Å². The van der Waals surface area contributed by atoms with Gasteiger partial charge in [0.15, 0.2) is 5.78 Å². The summed E-state index contributed by atoms with van der Waals surface area (Å²) in [7, 11) is 0. The number of nitrogens with zero attached hydrogens (tertiary/aromatic N) is 1. The number of alkyl halides is 1. The number of carbonyl (C=O) groups excluding carboxylic acids is 1. The van der Waals surface area contributed by atoms with Crippen LogP contribution in [0.2, 0.25) is 0 Å². The first-order valence-electron chi connectivity index (χ1n) is 4.47. The quantitative estimate of drug-likeness (QED) is 0.353. The van der Waals surface area contributed by atoms with Gasteiger partial charge in [0.1, 0.15) is 0 Å². The van der Waals surface area contributed by atoms with Crippen molar-refractivity contribution in [2.45, 2.75) is 11.3 Å². The Balaban J connectivity index is 3.08. The van der Waals surface area contributed by atoms with Crippen molar-refractivity contribution in [3.8, 4) is 0 Å². The first kappa shape index (κ1) is 13.0. The second kappa shape index (κ2) is 5.86. The van der Waals surface area contributed by atoms with Gasteiger partial charge in [0, 0.05) is 22.9 Å². The molecule has 0 fully saturated rings. The van der Waals surface area contributed by atoms with Crippen molar-refractivity contribution in [1.29, 1.82) is 0 Å². The zero-order valence-corrected chi connectivity index (χ0v) is 10.2. The Bertz CT molecular complexity index is 423. The van der Waals surface area contributed by atoms with E-state index >= 15 is 0 Å². The lowest BCUT2D eigenvalue weighted by molar-refractivity contribution is -0.385. The van der Waals surface area contributed by atoms with Crippen molar-refractivity contribution < 1.29 is 9.72 Å². The number of halogens is 1. The lowest BCUT2D eigenvalue weighted by Crippen LogP contribution is -2.06. The maximum Gasteiger partial charge on any atom is 0.274 e. The number of carbonyl (C=O) groups is 1. The van der Waals surface area contributed by atoms with Gasteiger partial charge in [-0.1, -0.05) is 6.07 Å². The summed E-state index contributed by atoms with van der Waals surface area (Å²) in [6, 6.07) is 4.84. The van der Waals surface area contributed by atoms with Crippen LogP contribution in [-0.2, 0) is 11.2 Å². The fourth-order valence-corrected chi connectivity index (χ4v) is 1.78. The Kier molecular flexibility index (Phi) is 4.76. The number of benzene rings is 1. The van der Waals surface area contributed by atoms with E-state index in [0.717, 1.165) is 4.90 Å². The van der Waals surface area contributed by atoms with Gasteiger partial charge in [0.05, 0.1) is 10.8 Å². The molecule has 0 atom stereocenters. The minimum atomic E-state index is -0.476. The van der Waals surface area contributed by atoms with Gasteiger partial charge < -0.3 is 0 Å². The van der Waals surface area contributed by atoms with Crippen molar-refractivity contribution in [2.24, 2.45) is 0 Å². The van der Waals surface area contributed by atoms with Crippen LogP contribution < -0.4 is 0 Å². The lowest BCUT2D eigenvalue weighted by atomic mass is 10.1. The third kappa shape index (κ3) is 3.21. The van der Waals surface area contributed by atoms with Crippen LogP contribution in [0.15, 0.2) is 23.1 Å². The van der Waals surface area contributed by atoms with Gasteiger partial charge in [-0.15, -0.1) is 23.4 Å². The number of nitro groups is 1. The Morgan fingerprint density at radius 1 is 1.56 bits per heavy atom. The number of Topliss-reactive ketones (excluding diaryl/α,β-unsaturated/α-hetero) is 1. The first-order chi connectivity index (χ1) is 7.58. The third-order valence-electron chi connectivity index (χ3n) is 2.03. The molecular weight excluding hydrogens is 250 g/mol. The molecular formula is C10H10ClNO3S. The molecule has 0 heterocycles.